The molecule has 0 radical (unpaired) electrons. The van der Waals surface area contributed by atoms with E-state index in [-0.39, 0.29) is 0 Å². The second kappa shape index (κ2) is 7.18. The Balaban J connectivity index is 2.32. The van der Waals surface area contributed by atoms with E-state index in [9.17, 15) is 9.90 Å². The van der Waals surface area contributed by atoms with Crippen LogP contribution >= 0.6 is 0 Å². The van der Waals surface area contributed by atoms with Gasteiger partial charge in [-0.15, -0.1) is 0 Å². The minimum atomic E-state index is -0.842. The van der Waals surface area contributed by atoms with Crippen molar-refractivity contribution < 1.29 is 14.6 Å². The first-order chi connectivity index (χ1) is 10.9. The van der Waals surface area contributed by atoms with E-state index in [0.29, 0.717) is 12.2 Å². The van der Waals surface area contributed by atoms with Gasteiger partial charge in [0.05, 0.1) is 13.0 Å². The highest BCUT2D eigenvalue weighted by molar-refractivity contribution is 5.78. The molecular formula is C19H23NO3. The number of carbonyl (C=O) groups is 1. The third kappa shape index (κ3) is 4.03. The third-order valence-electron chi connectivity index (χ3n) is 3.95. The van der Waals surface area contributed by atoms with E-state index >= 15 is 0 Å². The van der Waals surface area contributed by atoms with Crippen LogP contribution in [0.5, 0.6) is 5.75 Å². The maximum absolute atomic E-state index is 11.8. The van der Waals surface area contributed by atoms with Gasteiger partial charge in [-0.2, -0.15) is 0 Å². The van der Waals surface area contributed by atoms with Crippen LogP contribution in [0.15, 0.2) is 42.5 Å². The zero-order chi connectivity index (χ0) is 17.0. The molecule has 2 aromatic carbocycles. The first-order valence-electron chi connectivity index (χ1n) is 7.56. The van der Waals surface area contributed by atoms with Gasteiger partial charge >= 0.3 is 5.97 Å². The lowest BCUT2D eigenvalue weighted by molar-refractivity contribution is -0.138. The average Bonchev–Trinajstić information content (AvgIpc) is 2.52. The highest BCUT2D eigenvalue weighted by Gasteiger charge is 2.24. The molecule has 2 aromatic rings. The van der Waals surface area contributed by atoms with Gasteiger partial charge in [0.25, 0.3) is 0 Å². The molecule has 4 heteroatoms. The summed E-state index contributed by atoms with van der Waals surface area (Å²) in [6, 6.07) is 13.6. The molecule has 2 rings (SSSR count). The molecule has 1 unspecified atom stereocenters. The number of carboxylic acids is 1. The van der Waals surface area contributed by atoms with Gasteiger partial charge in [-0.1, -0.05) is 29.8 Å². The number of methoxy groups -OCH3 is 1. The topological polar surface area (TPSA) is 49.8 Å². The summed E-state index contributed by atoms with van der Waals surface area (Å²) in [6.07, 6.45) is 0.433. The lowest BCUT2D eigenvalue weighted by atomic mass is 9.90. The SMILES string of the molecule is COc1ccc(C)cc1C(Cc1ccc(N(C)C)cc1)C(=O)O. The van der Waals surface area contributed by atoms with Gasteiger partial charge < -0.3 is 14.7 Å². The fourth-order valence-electron chi connectivity index (χ4n) is 2.62. The van der Waals surface area contributed by atoms with E-state index in [4.69, 9.17) is 4.74 Å². The molecule has 122 valence electrons. The summed E-state index contributed by atoms with van der Waals surface area (Å²) in [6.45, 7) is 1.95. The summed E-state index contributed by atoms with van der Waals surface area (Å²) in [4.78, 5) is 13.8. The number of nitrogens with zero attached hydrogens (tertiary/aromatic N) is 1. The first-order valence-corrected chi connectivity index (χ1v) is 7.56. The molecule has 1 atom stereocenters. The quantitative estimate of drug-likeness (QED) is 0.887. The minimum absolute atomic E-state index is 0.433. The summed E-state index contributed by atoms with van der Waals surface area (Å²) in [5, 5.41) is 9.68. The predicted octanol–water partition coefficient (Wildman–Crippen LogP) is 3.48. The second-order valence-corrected chi connectivity index (χ2v) is 5.90. The van der Waals surface area contributed by atoms with Crippen molar-refractivity contribution in [2.24, 2.45) is 0 Å². The Kier molecular flexibility index (Phi) is 5.27. The van der Waals surface area contributed by atoms with E-state index < -0.39 is 11.9 Å². The van der Waals surface area contributed by atoms with Crippen LogP contribution in [0.25, 0.3) is 0 Å². The Bertz CT molecular complexity index is 678. The molecule has 0 fully saturated rings. The fraction of sp³-hybridized carbons (Fsp3) is 0.316. The highest BCUT2D eigenvalue weighted by atomic mass is 16.5. The van der Waals surface area contributed by atoms with Crippen molar-refractivity contribution in [3.63, 3.8) is 0 Å². The molecular weight excluding hydrogens is 290 g/mol. The smallest absolute Gasteiger partial charge is 0.311 e. The minimum Gasteiger partial charge on any atom is -0.496 e. The van der Waals surface area contributed by atoms with Crippen molar-refractivity contribution in [1.82, 2.24) is 0 Å². The molecule has 0 saturated carbocycles. The van der Waals surface area contributed by atoms with Crippen LogP contribution in [-0.2, 0) is 11.2 Å². The zero-order valence-electron chi connectivity index (χ0n) is 14.0. The van der Waals surface area contributed by atoms with Crippen LogP contribution in [0, 0.1) is 6.92 Å². The summed E-state index contributed by atoms with van der Waals surface area (Å²) in [5.74, 6) is -0.853. The summed E-state index contributed by atoms with van der Waals surface area (Å²) < 4.78 is 5.35. The van der Waals surface area contributed by atoms with Crippen molar-refractivity contribution in [3.8, 4) is 5.75 Å². The Morgan fingerprint density at radius 1 is 1.17 bits per heavy atom. The van der Waals surface area contributed by atoms with E-state index in [0.717, 1.165) is 22.4 Å². The maximum atomic E-state index is 11.8. The maximum Gasteiger partial charge on any atom is 0.311 e. The highest BCUT2D eigenvalue weighted by Crippen LogP contribution is 2.31. The third-order valence-corrected chi connectivity index (χ3v) is 3.95. The summed E-state index contributed by atoms with van der Waals surface area (Å²) in [7, 11) is 5.53. The van der Waals surface area contributed by atoms with Crippen LogP contribution < -0.4 is 9.64 Å². The number of aryl methyl sites for hydroxylation is 1. The predicted molar refractivity (Wildman–Crippen MR) is 92.6 cm³/mol. The molecule has 1 N–H and O–H groups in total. The van der Waals surface area contributed by atoms with Gasteiger partial charge in [-0.25, -0.2) is 0 Å². The molecule has 0 aliphatic rings. The molecule has 0 aliphatic carbocycles. The number of ether oxygens (including phenoxy) is 1. The van der Waals surface area contributed by atoms with Crippen molar-refractivity contribution in [1.29, 1.82) is 0 Å². The molecule has 23 heavy (non-hydrogen) atoms. The van der Waals surface area contributed by atoms with Gasteiger partial charge in [0, 0.05) is 25.3 Å². The van der Waals surface area contributed by atoms with E-state index in [1.165, 1.54) is 0 Å². The molecule has 0 spiro atoms. The Morgan fingerprint density at radius 3 is 2.35 bits per heavy atom. The van der Waals surface area contributed by atoms with Crippen molar-refractivity contribution in [2.75, 3.05) is 26.1 Å². The van der Waals surface area contributed by atoms with Gasteiger partial charge in [-0.3, -0.25) is 4.79 Å². The van der Waals surface area contributed by atoms with Gasteiger partial charge in [-0.05, 0) is 37.1 Å². The van der Waals surface area contributed by atoms with Gasteiger partial charge in [0.2, 0.25) is 0 Å². The van der Waals surface area contributed by atoms with Crippen LogP contribution in [0.1, 0.15) is 22.6 Å². The Labute approximate surface area is 137 Å². The van der Waals surface area contributed by atoms with Gasteiger partial charge in [0.1, 0.15) is 5.75 Å². The Hall–Kier alpha value is -2.49. The summed E-state index contributed by atoms with van der Waals surface area (Å²) in [5.41, 5.74) is 3.83. The molecule has 0 amide bonds. The largest absolute Gasteiger partial charge is 0.496 e. The zero-order valence-corrected chi connectivity index (χ0v) is 14.0. The molecule has 0 aromatic heterocycles. The van der Waals surface area contributed by atoms with Crippen LogP contribution in [0.3, 0.4) is 0 Å². The van der Waals surface area contributed by atoms with Crippen LogP contribution in [0.4, 0.5) is 5.69 Å². The molecule has 4 nitrogen and oxygen atoms in total. The monoisotopic (exact) mass is 313 g/mol. The van der Waals surface area contributed by atoms with Crippen molar-refractivity contribution in [2.45, 2.75) is 19.3 Å². The number of rotatable bonds is 6. The lowest BCUT2D eigenvalue weighted by Gasteiger charge is -2.18. The van der Waals surface area contributed by atoms with E-state index in [1.54, 1.807) is 7.11 Å². The molecule has 0 aliphatic heterocycles. The fourth-order valence-corrected chi connectivity index (χ4v) is 2.62. The number of hydrogen-bond donors (Lipinski definition) is 1. The number of anilines is 1. The average molecular weight is 313 g/mol. The van der Waals surface area contributed by atoms with Crippen molar-refractivity contribution >= 4 is 11.7 Å². The number of carboxylic acid groups (broad SMARTS) is 1. The first kappa shape index (κ1) is 16.9. The number of hydrogen-bond acceptors (Lipinski definition) is 3. The lowest BCUT2D eigenvalue weighted by Crippen LogP contribution is -2.16. The normalized spacial score (nSPS) is 11.8. The van der Waals surface area contributed by atoms with Crippen molar-refractivity contribution in [3.05, 3.63) is 59.2 Å². The van der Waals surface area contributed by atoms with E-state index in [2.05, 4.69) is 0 Å². The Morgan fingerprint density at radius 2 is 1.83 bits per heavy atom. The summed E-state index contributed by atoms with van der Waals surface area (Å²) >= 11 is 0. The standard InChI is InChI=1S/C19H23NO3/c1-13-5-10-18(23-4)16(11-13)17(19(21)22)12-14-6-8-15(9-7-14)20(2)3/h5-11,17H,12H2,1-4H3,(H,21,22). The number of aliphatic carboxylic acids is 1. The second-order valence-electron chi connectivity index (χ2n) is 5.90. The molecule has 0 heterocycles. The molecule has 0 saturated heterocycles. The number of benzene rings is 2. The van der Waals surface area contributed by atoms with Crippen LogP contribution in [0.2, 0.25) is 0 Å². The van der Waals surface area contributed by atoms with E-state index in [1.807, 2.05) is 68.4 Å². The molecule has 0 bridgehead atoms. The van der Waals surface area contributed by atoms with Crippen LogP contribution in [-0.4, -0.2) is 32.3 Å². The van der Waals surface area contributed by atoms with Gasteiger partial charge in [0.15, 0.2) is 0 Å².